The fourth-order valence-corrected chi connectivity index (χ4v) is 5.40. The van der Waals surface area contributed by atoms with E-state index in [1.54, 1.807) is 4.90 Å². The standard InChI is InChI=1S/C27H26N4O3/c1-30-24(16-6-3-2-4-7-16)23(29-25(30)17-8-5-9-17)18-10-11-20-19(14-18)15-31(27(20)34)21-12-13-22(32)28-26(21)33/h2-4,6-7,10-11,14,17,21H,5,8-9,12-13,15H2,1H3,(H,28,32,33). The average molecular weight is 455 g/mol. The number of rotatable bonds is 4. The van der Waals surface area contributed by atoms with Gasteiger partial charge in [0.1, 0.15) is 11.9 Å². The van der Waals surface area contributed by atoms with Crippen molar-refractivity contribution in [1.82, 2.24) is 19.8 Å². The lowest BCUT2D eigenvalue weighted by Crippen LogP contribution is -2.52. The zero-order chi connectivity index (χ0) is 23.4. The molecule has 1 aliphatic carbocycles. The van der Waals surface area contributed by atoms with Gasteiger partial charge >= 0.3 is 0 Å². The van der Waals surface area contributed by atoms with Crippen molar-refractivity contribution in [2.24, 2.45) is 7.05 Å². The van der Waals surface area contributed by atoms with Gasteiger partial charge in [-0.15, -0.1) is 0 Å². The van der Waals surface area contributed by atoms with E-state index in [0.717, 1.165) is 46.7 Å². The Bertz CT molecular complexity index is 1320. The maximum absolute atomic E-state index is 13.1. The molecule has 3 aromatic rings. The molecule has 34 heavy (non-hydrogen) atoms. The predicted octanol–water partition coefficient (Wildman–Crippen LogP) is 3.78. The van der Waals surface area contributed by atoms with Crippen molar-refractivity contribution in [3.05, 3.63) is 65.5 Å². The lowest BCUT2D eigenvalue weighted by Gasteiger charge is -2.29. The molecule has 0 spiro atoms. The van der Waals surface area contributed by atoms with Gasteiger partial charge in [0, 0.05) is 42.6 Å². The van der Waals surface area contributed by atoms with Gasteiger partial charge in [-0.1, -0.05) is 42.8 Å². The Morgan fingerprint density at radius 1 is 0.971 bits per heavy atom. The number of piperidine rings is 1. The Kier molecular flexibility index (Phi) is 4.86. The first-order chi connectivity index (χ1) is 16.5. The molecule has 3 amide bonds. The first-order valence-electron chi connectivity index (χ1n) is 11.9. The van der Waals surface area contributed by atoms with E-state index in [-0.39, 0.29) is 24.1 Å². The number of hydrogen-bond acceptors (Lipinski definition) is 4. The van der Waals surface area contributed by atoms with E-state index in [0.29, 0.717) is 24.4 Å². The van der Waals surface area contributed by atoms with Gasteiger partial charge in [0.15, 0.2) is 0 Å². The van der Waals surface area contributed by atoms with Crippen LogP contribution in [0.4, 0.5) is 0 Å². The first-order valence-corrected chi connectivity index (χ1v) is 11.9. The van der Waals surface area contributed by atoms with E-state index in [1.807, 2.05) is 36.4 Å². The normalized spacial score (nSPS) is 20.3. The van der Waals surface area contributed by atoms with Crippen LogP contribution < -0.4 is 5.32 Å². The summed E-state index contributed by atoms with van der Waals surface area (Å²) in [7, 11) is 2.09. The maximum Gasteiger partial charge on any atom is 0.255 e. The van der Waals surface area contributed by atoms with Gasteiger partial charge in [-0.3, -0.25) is 19.7 Å². The van der Waals surface area contributed by atoms with Crippen LogP contribution in [0.25, 0.3) is 22.5 Å². The summed E-state index contributed by atoms with van der Waals surface area (Å²) in [5.41, 5.74) is 5.59. The van der Waals surface area contributed by atoms with Crippen molar-refractivity contribution < 1.29 is 14.4 Å². The molecule has 172 valence electrons. The summed E-state index contributed by atoms with van der Waals surface area (Å²) in [5, 5.41) is 2.36. The van der Waals surface area contributed by atoms with Gasteiger partial charge < -0.3 is 9.47 Å². The molecular formula is C27H26N4O3. The quantitative estimate of drug-likeness (QED) is 0.608. The third-order valence-electron chi connectivity index (χ3n) is 7.44. The summed E-state index contributed by atoms with van der Waals surface area (Å²) in [5.74, 6) is 0.773. The average Bonchev–Trinajstić information content (AvgIpc) is 3.30. The molecule has 1 saturated heterocycles. The van der Waals surface area contributed by atoms with Crippen LogP contribution >= 0.6 is 0 Å². The summed E-state index contributed by atoms with van der Waals surface area (Å²) in [6.45, 7) is 0.358. The highest BCUT2D eigenvalue weighted by Crippen LogP contribution is 2.41. The van der Waals surface area contributed by atoms with E-state index in [1.165, 1.54) is 6.42 Å². The number of fused-ring (bicyclic) bond motifs is 1. The number of hydrogen-bond donors (Lipinski definition) is 1. The minimum absolute atomic E-state index is 0.157. The number of nitrogens with one attached hydrogen (secondary N) is 1. The van der Waals surface area contributed by atoms with Crippen LogP contribution in [0.3, 0.4) is 0 Å². The molecule has 0 radical (unpaired) electrons. The highest BCUT2D eigenvalue weighted by molar-refractivity contribution is 6.05. The van der Waals surface area contributed by atoms with Crippen LogP contribution in [0.2, 0.25) is 0 Å². The molecule has 7 heteroatoms. The summed E-state index contributed by atoms with van der Waals surface area (Å²) in [6, 6.07) is 15.5. The second-order valence-electron chi connectivity index (χ2n) is 9.49. The van der Waals surface area contributed by atoms with E-state index >= 15 is 0 Å². The van der Waals surface area contributed by atoms with Gasteiger partial charge in [-0.05, 0) is 37.0 Å². The van der Waals surface area contributed by atoms with E-state index in [9.17, 15) is 14.4 Å². The number of benzene rings is 2. The third-order valence-corrected chi connectivity index (χ3v) is 7.44. The SMILES string of the molecule is Cn1c(C2CCC2)nc(-c2ccc3c(c2)CN(C2CCC(=O)NC2=O)C3=O)c1-c1ccccc1. The number of carbonyl (C=O) groups is 3. The number of amides is 3. The molecule has 2 fully saturated rings. The molecule has 2 aromatic carbocycles. The van der Waals surface area contributed by atoms with E-state index < -0.39 is 6.04 Å². The zero-order valence-electron chi connectivity index (χ0n) is 19.1. The fraction of sp³-hybridized carbons (Fsp3) is 0.333. The van der Waals surface area contributed by atoms with Crippen LogP contribution in [0.1, 0.15) is 59.8 Å². The summed E-state index contributed by atoms with van der Waals surface area (Å²) in [6.07, 6.45) is 4.18. The van der Waals surface area contributed by atoms with Crippen LogP contribution in [0.15, 0.2) is 48.5 Å². The molecule has 3 heterocycles. The molecule has 6 rings (SSSR count). The molecule has 1 saturated carbocycles. The van der Waals surface area contributed by atoms with Gasteiger partial charge in [0.25, 0.3) is 5.91 Å². The molecule has 1 N–H and O–H groups in total. The molecule has 3 aliphatic rings. The lowest BCUT2D eigenvalue weighted by molar-refractivity contribution is -0.136. The Hall–Kier alpha value is -3.74. The number of aromatic nitrogens is 2. The van der Waals surface area contributed by atoms with Crippen LogP contribution in [0.5, 0.6) is 0 Å². The van der Waals surface area contributed by atoms with Crippen molar-refractivity contribution in [3.8, 4) is 22.5 Å². The van der Waals surface area contributed by atoms with Crippen molar-refractivity contribution in [1.29, 1.82) is 0 Å². The topological polar surface area (TPSA) is 84.3 Å². The molecule has 1 aromatic heterocycles. The smallest absolute Gasteiger partial charge is 0.255 e. The number of carbonyl (C=O) groups excluding carboxylic acids is 3. The summed E-state index contributed by atoms with van der Waals surface area (Å²) in [4.78, 5) is 43.7. The molecular weight excluding hydrogens is 428 g/mol. The number of imide groups is 1. The van der Waals surface area contributed by atoms with Gasteiger partial charge in [0.05, 0.1) is 11.4 Å². The fourth-order valence-electron chi connectivity index (χ4n) is 5.40. The monoisotopic (exact) mass is 454 g/mol. The second-order valence-corrected chi connectivity index (χ2v) is 9.49. The van der Waals surface area contributed by atoms with Gasteiger partial charge in [-0.2, -0.15) is 0 Å². The van der Waals surface area contributed by atoms with Crippen molar-refractivity contribution >= 4 is 17.7 Å². The van der Waals surface area contributed by atoms with E-state index in [4.69, 9.17) is 4.98 Å². The van der Waals surface area contributed by atoms with Crippen LogP contribution in [-0.2, 0) is 23.2 Å². The third kappa shape index (κ3) is 3.26. The highest BCUT2D eigenvalue weighted by atomic mass is 16.2. The van der Waals surface area contributed by atoms with Crippen molar-refractivity contribution in [3.63, 3.8) is 0 Å². The minimum atomic E-state index is -0.610. The first kappa shape index (κ1) is 20.8. The predicted molar refractivity (Wildman–Crippen MR) is 127 cm³/mol. The molecule has 1 atom stereocenters. The molecule has 1 unspecified atom stereocenters. The summed E-state index contributed by atoms with van der Waals surface area (Å²) >= 11 is 0. The second kappa shape index (κ2) is 7.94. The summed E-state index contributed by atoms with van der Waals surface area (Å²) < 4.78 is 2.22. The number of imidazole rings is 1. The number of nitrogens with zero attached hydrogens (tertiary/aromatic N) is 3. The Morgan fingerprint density at radius 3 is 2.47 bits per heavy atom. The lowest BCUT2D eigenvalue weighted by atomic mass is 9.85. The zero-order valence-corrected chi connectivity index (χ0v) is 19.1. The Labute approximate surface area is 197 Å². The van der Waals surface area contributed by atoms with Gasteiger partial charge in [-0.25, -0.2) is 4.98 Å². The maximum atomic E-state index is 13.1. The molecule has 2 aliphatic heterocycles. The Morgan fingerprint density at radius 2 is 1.76 bits per heavy atom. The van der Waals surface area contributed by atoms with Gasteiger partial charge in [0.2, 0.25) is 11.8 Å². The van der Waals surface area contributed by atoms with Crippen LogP contribution in [-0.4, -0.2) is 38.2 Å². The molecule has 0 bridgehead atoms. The largest absolute Gasteiger partial charge is 0.330 e. The Balaban J connectivity index is 1.39. The van der Waals surface area contributed by atoms with Crippen molar-refractivity contribution in [2.75, 3.05) is 0 Å². The van der Waals surface area contributed by atoms with Crippen molar-refractivity contribution in [2.45, 2.75) is 50.6 Å². The van der Waals surface area contributed by atoms with Crippen LogP contribution in [0, 0.1) is 0 Å². The highest BCUT2D eigenvalue weighted by Gasteiger charge is 2.39. The molecule has 7 nitrogen and oxygen atoms in total. The van der Waals surface area contributed by atoms with E-state index in [2.05, 4.69) is 29.1 Å². The minimum Gasteiger partial charge on any atom is -0.330 e.